The molecule has 0 spiro atoms. The number of likely N-dealkylation sites (N-methyl/N-ethyl adjacent to an activating group) is 1. The van der Waals surface area contributed by atoms with Crippen molar-refractivity contribution in [1.29, 1.82) is 0 Å². The van der Waals surface area contributed by atoms with Gasteiger partial charge in [0.2, 0.25) is 5.91 Å². The highest BCUT2D eigenvalue weighted by molar-refractivity contribution is 6.30. The summed E-state index contributed by atoms with van der Waals surface area (Å²) in [6.07, 6.45) is 0. The third-order valence-corrected chi connectivity index (χ3v) is 2.25. The number of hydrogen-bond donors (Lipinski definition) is 1. The maximum absolute atomic E-state index is 11.5. The van der Waals surface area contributed by atoms with Gasteiger partial charge in [0.05, 0.1) is 6.54 Å². The van der Waals surface area contributed by atoms with E-state index in [0.717, 1.165) is 0 Å². The van der Waals surface area contributed by atoms with Gasteiger partial charge < -0.3 is 15.4 Å². The molecule has 6 heteroatoms. The van der Waals surface area contributed by atoms with Gasteiger partial charge in [-0.15, -0.1) is 0 Å². The second-order valence-electron chi connectivity index (χ2n) is 3.46. The lowest BCUT2D eigenvalue weighted by molar-refractivity contribution is -0.135. The molecule has 0 atom stereocenters. The molecule has 5 nitrogen and oxygen atoms in total. The highest BCUT2D eigenvalue weighted by Crippen LogP contribution is 2.15. The van der Waals surface area contributed by atoms with Gasteiger partial charge in [-0.05, 0) is 24.3 Å². The molecule has 0 fully saturated rings. The van der Waals surface area contributed by atoms with Gasteiger partial charge in [0.15, 0.2) is 6.61 Å². The van der Waals surface area contributed by atoms with E-state index in [-0.39, 0.29) is 19.1 Å². The summed E-state index contributed by atoms with van der Waals surface area (Å²) in [5.74, 6) is -0.346. The van der Waals surface area contributed by atoms with Crippen molar-refractivity contribution in [1.82, 2.24) is 4.90 Å². The van der Waals surface area contributed by atoms with Gasteiger partial charge in [-0.3, -0.25) is 9.59 Å². The molecular formula is C11H13ClN2O3. The molecule has 17 heavy (non-hydrogen) atoms. The monoisotopic (exact) mass is 256 g/mol. The number of nitrogens with two attached hydrogens (primary N) is 1. The van der Waals surface area contributed by atoms with Gasteiger partial charge in [-0.1, -0.05) is 11.6 Å². The number of rotatable bonds is 5. The van der Waals surface area contributed by atoms with Crippen molar-refractivity contribution >= 4 is 23.4 Å². The Bertz CT molecular complexity index is 406. The summed E-state index contributed by atoms with van der Waals surface area (Å²) in [5, 5.41) is 0.592. The van der Waals surface area contributed by atoms with Crippen molar-refractivity contribution in [2.45, 2.75) is 0 Å². The molecule has 1 rings (SSSR count). The molecule has 0 aliphatic carbocycles. The zero-order chi connectivity index (χ0) is 12.8. The van der Waals surface area contributed by atoms with Crippen molar-refractivity contribution in [2.75, 3.05) is 20.2 Å². The molecule has 0 bridgehead atoms. The molecule has 0 aliphatic heterocycles. The van der Waals surface area contributed by atoms with Crippen molar-refractivity contribution < 1.29 is 14.3 Å². The summed E-state index contributed by atoms with van der Waals surface area (Å²) in [6.45, 7) is -0.270. The molecule has 0 aliphatic rings. The third kappa shape index (κ3) is 4.74. The second kappa shape index (κ2) is 6.10. The number of halogens is 1. The average Bonchev–Trinajstić information content (AvgIpc) is 2.27. The Morgan fingerprint density at radius 2 is 1.94 bits per heavy atom. The molecule has 92 valence electrons. The molecule has 0 radical (unpaired) electrons. The van der Waals surface area contributed by atoms with Crippen molar-refractivity contribution in [2.24, 2.45) is 5.73 Å². The number of nitrogens with zero attached hydrogens (tertiary/aromatic N) is 1. The summed E-state index contributed by atoms with van der Waals surface area (Å²) in [4.78, 5) is 23.3. The number of amides is 2. The van der Waals surface area contributed by atoms with E-state index < -0.39 is 5.91 Å². The van der Waals surface area contributed by atoms with Crippen LogP contribution < -0.4 is 10.5 Å². The summed E-state index contributed by atoms with van der Waals surface area (Å²) in [5.41, 5.74) is 4.97. The second-order valence-corrected chi connectivity index (χ2v) is 3.90. The first-order valence-corrected chi connectivity index (χ1v) is 5.27. The van der Waals surface area contributed by atoms with Gasteiger partial charge in [-0.2, -0.15) is 0 Å². The Balaban J connectivity index is 2.42. The number of ether oxygens (including phenoxy) is 1. The van der Waals surface area contributed by atoms with Crippen LogP contribution in [0.3, 0.4) is 0 Å². The van der Waals surface area contributed by atoms with E-state index in [2.05, 4.69) is 0 Å². The van der Waals surface area contributed by atoms with Gasteiger partial charge >= 0.3 is 0 Å². The number of benzene rings is 1. The van der Waals surface area contributed by atoms with E-state index in [1.807, 2.05) is 0 Å². The number of carbonyl (C=O) groups is 2. The van der Waals surface area contributed by atoms with Gasteiger partial charge in [0.25, 0.3) is 5.91 Å². The fourth-order valence-electron chi connectivity index (χ4n) is 1.11. The Kier molecular flexibility index (Phi) is 4.78. The quantitative estimate of drug-likeness (QED) is 0.841. The van der Waals surface area contributed by atoms with E-state index in [1.54, 1.807) is 24.3 Å². The third-order valence-electron chi connectivity index (χ3n) is 1.99. The van der Waals surface area contributed by atoms with Crippen LogP contribution in [-0.2, 0) is 9.59 Å². The lowest BCUT2D eigenvalue weighted by Crippen LogP contribution is -2.38. The minimum Gasteiger partial charge on any atom is -0.484 e. The predicted octanol–water partition coefficient (Wildman–Crippen LogP) is 0.663. The standard InChI is InChI=1S/C11H13ClN2O3/c1-14(6-10(13)15)11(16)7-17-9-4-2-8(12)3-5-9/h2-5H,6-7H2,1H3,(H2,13,15). The maximum Gasteiger partial charge on any atom is 0.260 e. The number of hydrogen-bond acceptors (Lipinski definition) is 3. The van der Waals surface area contributed by atoms with E-state index in [4.69, 9.17) is 22.1 Å². The van der Waals surface area contributed by atoms with Crippen molar-refractivity contribution in [3.8, 4) is 5.75 Å². The molecule has 0 heterocycles. The van der Waals surface area contributed by atoms with Crippen molar-refractivity contribution in [3.63, 3.8) is 0 Å². The Morgan fingerprint density at radius 3 is 2.47 bits per heavy atom. The maximum atomic E-state index is 11.5. The lowest BCUT2D eigenvalue weighted by Gasteiger charge is -2.15. The van der Waals surface area contributed by atoms with Crippen LogP contribution in [0.2, 0.25) is 5.02 Å². The van der Waals surface area contributed by atoms with Crippen LogP contribution in [-0.4, -0.2) is 36.9 Å². The summed E-state index contributed by atoms with van der Waals surface area (Å²) >= 11 is 5.70. The molecule has 0 unspecified atom stereocenters. The van der Waals surface area contributed by atoms with Crippen molar-refractivity contribution in [3.05, 3.63) is 29.3 Å². The molecular weight excluding hydrogens is 244 g/mol. The van der Waals surface area contributed by atoms with Crippen LogP contribution in [0, 0.1) is 0 Å². The number of primary amides is 1. The first-order chi connectivity index (χ1) is 7.99. The minimum atomic E-state index is -0.563. The fourth-order valence-corrected chi connectivity index (χ4v) is 1.23. The molecule has 1 aromatic rings. The smallest absolute Gasteiger partial charge is 0.260 e. The van der Waals surface area contributed by atoms with Crippen LogP contribution in [0.25, 0.3) is 0 Å². The summed E-state index contributed by atoms with van der Waals surface area (Å²) < 4.78 is 5.22. The topological polar surface area (TPSA) is 72.6 Å². The predicted molar refractivity (Wildman–Crippen MR) is 63.8 cm³/mol. The molecule has 0 aromatic heterocycles. The molecule has 0 saturated heterocycles. The van der Waals surface area contributed by atoms with E-state index in [0.29, 0.717) is 10.8 Å². The molecule has 2 amide bonds. The highest BCUT2D eigenvalue weighted by atomic mass is 35.5. The van der Waals surface area contributed by atoms with E-state index in [9.17, 15) is 9.59 Å². The Hall–Kier alpha value is -1.75. The average molecular weight is 257 g/mol. The van der Waals surface area contributed by atoms with E-state index >= 15 is 0 Å². The molecule has 1 aromatic carbocycles. The fraction of sp³-hybridized carbons (Fsp3) is 0.273. The summed E-state index contributed by atoms with van der Waals surface area (Å²) in [7, 11) is 1.48. The highest BCUT2D eigenvalue weighted by Gasteiger charge is 2.11. The normalized spacial score (nSPS) is 9.76. The minimum absolute atomic E-state index is 0.122. The zero-order valence-electron chi connectivity index (χ0n) is 9.35. The van der Waals surface area contributed by atoms with Gasteiger partial charge in [-0.25, -0.2) is 0 Å². The first-order valence-electron chi connectivity index (χ1n) is 4.89. The van der Waals surface area contributed by atoms with E-state index in [1.165, 1.54) is 11.9 Å². The Labute approximate surface area is 104 Å². The summed E-state index contributed by atoms with van der Waals surface area (Å²) in [6, 6.07) is 6.64. The molecule has 0 saturated carbocycles. The van der Waals surface area contributed by atoms with Crippen LogP contribution in [0.1, 0.15) is 0 Å². The zero-order valence-corrected chi connectivity index (χ0v) is 10.1. The molecule has 2 N–H and O–H groups in total. The number of carbonyl (C=O) groups excluding carboxylic acids is 2. The largest absolute Gasteiger partial charge is 0.484 e. The Morgan fingerprint density at radius 1 is 1.35 bits per heavy atom. The van der Waals surface area contributed by atoms with Gasteiger partial charge in [0.1, 0.15) is 5.75 Å². The van der Waals surface area contributed by atoms with Crippen LogP contribution in [0.15, 0.2) is 24.3 Å². The first kappa shape index (κ1) is 13.3. The lowest BCUT2D eigenvalue weighted by atomic mass is 10.3. The van der Waals surface area contributed by atoms with Crippen LogP contribution in [0.4, 0.5) is 0 Å². The SMILES string of the molecule is CN(CC(N)=O)C(=O)COc1ccc(Cl)cc1. The van der Waals surface area contributed by atoms with Crippen LogP contribution in [0.5, 0.6) is 5.75 Å². The van der Waals surface area contributed by atoms with Crippen LogP contribution >= 0.6 is 11.6 Å². The van der Waals surface area contributed by atoms with Gasteiger partial charge in [0, 0.05) is 12.1 Å².